The minimum Gasteiger partial charge on any atom is -0.494 e. The summed E-state index contributed by atoms with van der Waals surface area (Å²) in [7, 11) is 1.41. The van der Waals surface area contributed by atoms with Crippen molar-refractivity contribution < 1.29 is 13.9 Å². The molecule has 0 atom stereocenters. The van der Waals surface area contributed by atoms with Gasteiger partial charge < -0.3 is 10.1 Å². The van der Waals surface area contributed by atoms with E-state index in [2.05, 4.69) is 10.3 Å². The largest absolute Gasteiger partial charge is 0.494 e. The lowest BCUT2D eigenvalue weighted by Gasteiger charge is -2.02. The molecule has 2 aromatic carbocycles. The van der Waals surface area contributed by atoms with Gasteiger partial charge in [0.05, 0.1) is 17.7 Å². The van der Waals surface area contributed by atoms with Crippen molar-refractivity contribution in [3.63, 3.8) is 0 Å². The molecular formula is C18H15FN2O2S. The predicted molar refractivity (Wildman–Crippen MR) is 94.9 cm³/mol. The number of benzene rings is 2. The van der Waals surface area contributed by atoms with E-state index in [9.17, 15) is 9.18 Å². The van der Waals surface area contributed by atoms with Gasteiger partial charge in [-0.05, 0) is 54.1 Å². The highest BCUT2D eigenvalue weighted by molar-refractivity contribution is 8.18. The van der Waals surface area contributed by atoms with Crippen LogP contribution in [-0.2, 0) is 4.79 Å². The van der Waals surface area contributed by atoms with E-state index in [1.807, 2.05) is 31.2 Å². The quantitative estimate of drug-likeness (QED) is 0.857. The van der Waals surface area contributed by atoms with Gasteiger partial charge in [-0.1, -0.05) is 24.3 Å². The fourth-order valence-corrected chi connectivity index (χ4v) is 3.04. The average Bonchev–Trinajstić information content (AvgIpc) is 2.89. The van der Waals surface area contributed by atoms with Crippen LogP contribution in [0.5, 0.6) is 5.75 Å². The number of amides is 1. The van der Waals surface area contributed by atoms with Gasteiger partial charge in [0.2, 0.25) is 0 Å². The molecule has 0 saturated carbocycles. The van der Waals surface area contributed by atoms with Crippen LogP contribution in [-0.4, -0.2) is 18.2 Å². The van der Waals surface area contributed by atoms with Crippen molar-refractivity contribution in [3.05, 3.63) is 64.3 Å². The zero-order chi connectivity index (χ0) is 17.1. The van der Waals surface area contributed by atoms with E-state index in [0.717, 1.165) is 11.3 Å². The van der Waals surface area contributed by atoms with Gasteiger partial charge in [0.25, 0.3) is 5.91 Å². The van der Waals surface area contributed by atoms with Crippen molar-refractivity contribution in [1.29, 1.82) is 0 Å². The van der Waals surface area contributed by atoms with Crippen molar-refractivity contribution in [2.24, 2.45) is 4.99 Å². The number of nitrogens with zero attached hydrogens (tertiary/aromatic N) is 1. The fraction of sp³-hybridized carbons (Fsp3) is 0.111. The number of amidine groups is 1. The molecule has 1 aliphatic heterocycles. The van der Waals surface area contributed by atoms with Crippen molar-refractivity contribution in [1.82, 2.24) is 5.32 Å². The number of methoxy groups -OCH3 is 1. The van der Waals surface area contributed by atoms with Gasteiger partial charge >= 0.3 is 0 Å². The van der Waals surface area contributed by atoms with Gasteiger partial charge in [-0.3, -0.25) is 4.79 Å². The molecule has 1 saturated heterocycles. The third kappa shape index (κ3) is 3.49. The second kappa shape index (κ2) is 6.88. The molecule has 122 valence electrons. The Labute approximate surface area is 143 Å². The minimum absolute atomic E-state index is 0.169. The maximum absolute atomic E-state index is 13.7. The molecule has 1 heterocycles. The number of carbonyl (C=O) groups is 1. The van der Waals surface area contributed by atoms with Crippen LogP contribution in [0.2, 0.25) is 0 Å². The Hall–Kier alpha value is -2.60. The fourth-order valence-electron chi connectivity index (χ4n) is 2.20. The second-order valence-corrected chi connectivity index (χ2v) is 6.19. The second-order valence-electron chi connectivity index (χ2n) is 5.16. The smallest absolute Gasteiger partial charge is 0.264 e. The summed E-state index contributed by atoms with van der Waals surface area (Å²) < 4.78 is 18.6. The first-order chi connectivity index (χ1) is 11.6. The molecule has 0 radical (unpaired) electrons. The number of aliphatic imine (C=N–C) groups is 1. The van der Waals surface area contributed by atoms with E-state index >= 15 is 0 Å². The molecule has 3 rings (SSSR count). The highest BCUT2D eigenvalue weighted by atomic mass is 32.2. The summed E-state index contributed by atoms with van der Waals surface area (Å²) >= 11 is 1.23. The summed E-state index contributed by atoms with van der Waals surface area (Å²) in [6.45, 7) is 1.96. The zero-order valence-electron chi connectivity index (χ0n) is 13.2. The van der Waals surface area contributed by atoms with Crippen molar-refractivity contribution in [3.8, 4) is 5.75 Å². The Morgan fingerprint density at radius 1 is 1.25 bits per heavy atom. The number of nitrogens with one attached hydrogen (secondary N) is 1. The monoisotopic (exact) mass is 342 g/mol. The van der Waals surface area contributed by atoms with Gasteiger partial charge in [-0.15, -0.1) is 0 Å². The molecule has 0 aromatic heterocycles. The molecule has 4 nitrogen and oxygen atoms in total. The van der Waals surface area contributed by atoms with Crippen LogP contribution in [0.1, 0.15) is 11.1 Å². The highest BCUT2D eigenvalue weighted by Crippen LogP contribution is 2.29. The van der Waals surface area contributed by atoms with Gasteiger partial charge in [-0.2, -0.15) is 0 Å². The molecule has 1 amide bonds. The molecule has 1 aliphatic rings. The number of rotatable bonds is 3. The maximum atomic E-state index is 13.7. The molecular weight excluding hydrogens is 327 g/mol. The molecule has 2 aromatic rings. The van der Waals surface area contributed by atoms with E-state index in [4.69, 9.17) is 4.74 Å². The molecule has 6 heteroatoms. The molecule has 1 N–H and O–H groups in total. The molecule has 0 bridgehead atoms. The zero-order valence-corrected chi connectivity index (χ0v) is 14.0. The normalized spacial score (nSPS) is 17.4. The third-order valence-corrected chi connectivity index (χ3v) is 4.37. The maximum Gasteiger partial charge on any atom is 0.264 e. The standard InChI is InChI=1S/C18H15FN2O2S/c1-11-5-3-4-6-14(11)20-18-21-17(22)16(24-18)10-12-7-8-15(23-2)13(19)9-12/h3-10H,1-2H3,(H,20,21,22)/b16-10-. The molecule has 0 spiro atoms. The summed E-state index contributed by atoms with van der Waals surface area (Å²) in [5.74, 6) is -0.546. The number of ether oxygens (including phenoxy) is 1. The van der Waals surface area contributed by atoms with E-state index in [1.165, 1.54) is 31.0 Å². The Balaban J connectivity index is 1.85. The number of carbonyl (C=O) groups excluding carboxylic acids is 1. The number of aryl methyl sites for hydroxylation is 1. The number of hydrogen-bond donors (Lipinski definition) is 1. The van der Waals surface area contributed by atoms with Gasteiger partial charge in [0.1, 0.15) is 0 Å². The van der Waals surface area contributed by atoms with Crippen LogP contribution in [0.4, 0.5) is 10.1 Å². The van der Waals surface area contributed by atoms with Crippen molar-refractivity contribution in [2.75, 3.05) is 7.11 Å². The lowest BCUT2D eigenvalue weighted by Crippen LogP contribution is -2.19. The number of thioether (sulfide) groups is 1. The number of halogens is 1. The van der Waals surface area contributed by atoms with Gasteiger partial charge in [0, 0.05) is 0 Å². The van der Waals surface area contributed by atoms with Gasteiger partial charge in [-0.25, -0.2) is 9.38 Å². The number of para-hydroxylation sites is 1. The first kappa shape index (κ1) is 16.3. The van der Waals surface area contributed by atoms with Crippen LogP contribution in [0.25, 0.3) is 6.08 Å². The summed E-state index contributed by atoms with van der Waals surface area (Å²) in [5, 5.41) is 3.23. The van der Waals surface area contributed by atoms with E-state index < -0.39 is 5.82 Å². The predicted octanol–water partition coefficient (Wildman–Crippen LogP) is 4.03. The lowest BCUT2D eigenvalue weighted by molar-refractivity contribution is -0.115. The topological polar surface area (TPSA) is 50.7 Å². The molecule has 1 fully saturated rings. The Bertz CT molecular complexity index is 862. The Kier molecular flexibility index (Phi) is 4.66. The van der Waals surface area contributed by atoms with Crippen LogP contribution in [0.3, 0.4) is 0 Å². The van der Waals surface area contributed by atoms with Crippen LogP contribution in [0.15, 0.2) is 52.4 Å². The van der Waals surface area contributed by atoms with Crippen molar-refractivity contribution in [2.45, 2.75) is 6.92 Å². The SMILES string of the molecule is COc1ccc(/C=C2\SC(=Nc3ccccc3C)NC2=O)cc1F. The van der Waals surface area contributed by atoms with Gasteiger partial charge in [0.15, 0.2) is 16.7 Å². The van der Waals surface area contributed by atoms with Crippen molar-refractivity contribution >= 4 is 34.6 Å². The average molecular weight is 342 g/mol. The van der Waals surface area contributed by atoms with Crippen LogP contribution in [0, 0.1) is 12.7 Å². The van der Waals surface area contributed by atoms with E-state index in [-0.39, 0.29) is 11.7 Å². The summed E-state index contributed by atoms with van der Waals surface area (Å²) in [5.41, 5.74) is 2.41. The summed E-state index contributed by atoms with van der Waals surface area (Å²) in [4.78, 5) is 17.0. The molecule has 24 heavy (non-hydrogen) atoms. The Morgan fingerprint density at radius 3 is 2.75 bits per heavy atom. The van der Waals surface area contributed by atoms with Crippen LogP contribution >= 0.6 is 11.8 Å². The first-order valence-electron chi connectivity index (χ1n) is 7.25. The molecule has 0 aliphatic carbocycles. The van der Waals surface area contributed by atoms with E-state index in [1.54, 1.807) is 12.1 Å². The first-order valence-corrected chi connectivity index (χ1v) is 8.07. The number of hydrogen-bond acceptors (Lipinski definition) is 4. The summed E-state index contributed by atoms with van der Waals surface area (Å²) in [6.07, 6.45) is 1.63. The van der Waals surface area contributed by atoms with Crippen LogP contribution < -0.4 is 10.1 Å². The molecule has 0 unspecified atom stereocenters. The lowest BCUT2D eigenvalue weighted by atomic mass is 10.2. The Morgan fingerprint density at radius 2 is 2.04 bits per heavy atom. The van der Waals surface area contributed by atoms with E-state index in [0.29, 0.717) is 15.6 Å². The highest BCUT2D eigenvalue weighted by Gasteiger charge is 2.24. The summed E-state index contributed by atoms with van der Waals surface area (Å²) in [6, 6.07) is 12.2. The third-order valence-electron chi connectivity index (χ3n) is 3.46. The minimum atomic E-state index is -0.468.